The molecule has 5 rings (SSSR count). The largest absolute Gasteiger partial charge is 0.390 e. The lowest BCUT2D eigenvalue weighted by Gasteiger charge is -2.35. The van der Waals surface area contributed by atoms with Gasteiger partial charge in [0.15, 0.2) is 11.5 Å². The summed E-state index contributed by atoms with van der Waals surface area (Å²) in [6, 6.07) is 5.40. The first-order chi connectivity index (χ1) is 16.1. The summed E-state index contributed by atoms with van der Waals surface area (Å²) in [6.07, 6.45) is 3.03. The number of nitrogens with zero attached hydrogens (tertiary/aromatic N) is 6. The average molecular weight is 473 g/mol. The fourth-order valence-electron chi connectivity index (χ4n) is 4.16. The van der Waals surface area contributed by atoms with E-state index >= 15 is 0 Å². The molecule has 4 heterocycles. The number of rotatable bonds is 5. The number of nitrogen functional groups attached to an aromatic ring is 1. The van der Waals surface area contributed by atoms with Crippen LogP contribution in [-0.2, 0) is 6.54 Å². The van der Waals surface area contributed by atoms with Crippen LogP contribution in [0.2, 0.25) is 0 Å². The molecule has 0 amide bonds. The molecular weight excluding hydrogens is 442 g/mol. The summed E-state index contributed by atoms with van der Waals surface area (Å²) in [6.45, 7) is 5.04. The van der Waals surface area contributed by atoms with Gasteiger partial charge in [-0.3, -0.25) is 0 Å². The Morgan fingerprint density at radius 2 is 1.94 bits per heavy atom. The van der Waals surface area contributed by atoms with Crippen LogP contribution in [-0.4, -0.2) is 53.3 Å². The van der Waals surface area contributed by atoms with Crippen LogP contribution in [0.3, 0.4) is 0 Å². The number of nitrogens with one attached hydrogen (secondary N) is 1. The molecule has 11 heteroatoms. The maximum atomic E-state index is 12.9. The molecule has 34 heavy (non-hydrogen) atoms. The number of nitrogens with two attached hydrogens (primary N) is 1. The lowest BCUT2D eigenvalue weighted by molar-refractivity contribution is -0.0181. The van der Waals surface area contributed by atoms with E-state index in [0.717, 1.165) is 5.56 Å². The van der Waals surface area contributed by atoms with Crippen molar-refractivity contribution in [1.29, 1.82) is 0 Å². The number of pyridine rings is 1. The van der Waals surface area contributed by atoms with E-state index in [9.17, 15) is 13.9 Å². The van der Waals surface area contributed by atoms with Gasteiger partial charge < -0.3 is 20.7 Å². The van der Waals surface area contributed by atoms with Crippen LogP contribution in [0.25, 0.3) is 27.9 Å². The monoisotopic (exact) mass is 472 g/mol. The minimum Gasteiger partial charge on any atom is -0.390 e. The van der Waals surface area contributed by atoms with E-state index < -0.39 is 18.6 Å². The Morgan fingerprint density at radius 1 is 1.21 bits per heavy atom. The number of hydrogen-bond donors (Lipinski definition) is 3. The Morgan fingerprint density at radius 3 is 2.50 bits per heavy atom. The number of aromatic nitrogens is 6. The van der Waals surface area contributed by atoms with Gasteiger partial charge in [0.05, 0.1) is 17.8 Å². The molecule has 9 nitrogen and oxygen atoms in total. The number of alkyl halides is 2. The van der Waals surface area contributed by atoms with E-state index in [-0.39, 0.29) is 5.95 Å². The zero-order valence-corrected chi connectivity index (χ0v) is 19.8. The quantitative estimate of drug-likeness (QED) is 0.403. The van der Waals surface area contributed by atoms with Gasteiger partial charge in [-0.25, -0.2) is 23.3 Å². The molecule has 0 atom stereocenters. The molecule has 182 valence electrons. The van der Waals surface area contributed by atoms with Gasteiger partial charge in [-0.1, -0.05) is 6.42 Å². The van der Waals surface area contributed by atoms with E-state index in [1.165, 1.54) is 23.8 Å². The summed E-state index contributed by atoms with van der Waals surface area (Å²) in [7, 11) is 1.73. The zero-order valence-electron chi connectivity index (χ0n) is 19.8. The van der Waals surface area contributed by atoms with E-state index in [1.807, 2.05) is 19.9 Å². The first kappa shape index (κ1) is 23.8. The third-order valence-electron chi connectivity index (χ3n) is 6.25. The van der Waals surface area contributed by atoms with Crippen LogP contribution in [0.15, 0.2) is 24.4 Å². The number of aliphatic hydroxyl groups is 1. The molecule has 0 radical (unpaired) electrons. The summed E-state index contributed by atoms with van der Waals surface area (Å²) in [5, 5.41) is 16.5. The number of aryl methyl sites for hydroxylation is 1. The standard InChI is InChI=1S/C16H16F2N8.C7H14O/c1-8-21-11-4-3-10(22-15(11)25(8)7-12(17)18)9-5-6-26-13(9)14(20-2)23-16(19)24-26;1-7(2,8)6-4-3-5-6/h3-6,12H,7H2,1-2H3,(H3,19,20,23,24);6,8H,3-5H2,1-2H3. The molecule has 0 unspecified atom stereocenters. The van der Waals surface area contributed by atoms with Crippen molar-refractivity contribution in [3.8, 4) is 11.3 Å². The van der Waals surface area contributed by atoms with Crippen LogP contribution in [0.5, 0.6) is 0 Å². The molecule has 0 saturated heterocycles. The van der Waals surface area contributed by atoms with E-state index in [1.54, 1.807) is 36.8 Å². The van der Waals surface area contributed by atoms with Gasteiger partial charge in [0, 0.05) is 18.8 Å². The fourth-order valence-corrected chi connectivity index (χ4v) is 4.16. The molecule has 4 aromatic rings. The predicted octanol–water partition coefficient (Wildman–Crippen LogP) is 3.90. The highest BCUT2D eigenvalue weighted by atomic mass is 19.3. The van der Waals surface area contributed by atoms with Gasteiger partial charge in [-0.15, -0.1) is 5.10 Å². The molecule has 1 aliphatic carbocycles. The lowest BCUT2D eigenvalue weighted by atomic mass is 9.75. The van der Waals surface area contributed by atoms with Crippen LogP contribution in [0, 0.1) is 12.8 Å². The Hall–Kier alpha value is -3.34. The average Bonchev–Trinajstić information content (AvgIpc) is 3.25. The van der Waals surface area contributed by atoms with Crippen LogP contribution >= 0.6 is 0 Å². The Labute approximate surface area is 196 Å². The predicted molar refractivity (Wildman–Crippen MR) is 128 cm³/mol. The third kappa shape index (κ3) is 4.65. The SMILES string of the molecule is CC(C)(O)C1CCC1.CNc1nc(N)nn2ccc(-c3ccc4nc(C)n(CC(F)F)c4n3)c12. The maximum Gasteiger partial charge on any atom is 0.256 e. The van der Waals surface area contributed by atoms with Gasteiger partial charge >= 0.3 is 0 Å². The van der Waals surface area contributed by atoms with Crippen molar-refractivity contribution in [2.45, 2.75) is 58.6 Å². The number of fused-ring (bicyclic) bond motifs is 2. The highest BCUT2D eigenvalue weighted by Gasteiger charge is 2.31. The third-order valence-corrected chi connectivity index (χ3v) is 6.25. The molecule has 1 fully saturated rings. The second-order valence-corrected chi connectivity index (χ2v) is 9.07. The molecule has 4 N–H and O–H groups in total. The Balaban J connectivity index is 0.000000291. The topological polar surface area (TPSA) is 119 Å². The minimum atomic E-state index is -2.49. The molecule has 1 saturated carbocycles. The van der Waals surface area contributed by atoms with Gasteiger partial charge in [-0.05, 0) is 57.7 Å². The van der Waals surface area contributed by atoms with Crippen molar-refractivity contribution in [3.63, 3.8) is 0 Å². The Bertz CT molecular complexity index is 1300. The van der Waals surface area contributed by atoms with E-state index in [2.05, 4.69) is 25.4 Å². The van der Waals surface area contributed by atoms with Crippen LogP contribution in [0.4, 0.5) is 20.5 Å². The molecular formula is C23H30F2N8O. The Kier molecular flexibility index (Phi) is 6.39. The number of anilines is 2. The van der Waals surface area contributed by atoms with Crippen molar-refractivity contribution in [3.05, 3.63) is 30.2 Å². The van der Waals surface area contributed by atoms with Crippen molar-refractivity contribution in [2.24, 2.45) is 5.92 Å². The summed E-state index contributed by atoms with van der Waals surface area (Å²) >= 11 is 0. The molecule has 0 spiro atoms. The molecule has 0 aromatic carbocycles. The highest BCUT2D eigenvalue weighted by molar-refractivity contribution is 5.89. The van der Waals surface area contributed by atoms with Crippen molar-refractivity contribution in [1.82, 2.24) is 29.1 Å². The first-order valence-corrected chi connectivity index (χ1v) is 11.3. The number of imidazole rings is 1. The maximum absolute atomic E-state index is 12.9. The molecule has 0 bridgehead atoms. The number of halogens is 2. The van der Waals surface area contributed by atoms with E-state index in [4.69, 9.17) is 5.73 Å². The first-order valence-electron chi connectivity index (χ1n) is 11.3. The minimum absolute atomic E-state index is 0.137. The zero-order chi connectivity index (χ0) is 24.6. The molecule has 4 aromatic heterocycles. The second kappa shape index (κ2) is 9.13. The summed E-state index contributed by atoms with van der Waals surface area (Å²) in [4.78, 5) is 13.1. The lowest BCUT2D eigenvalue weighted by Crippen LogP contribution is -2.35. The summed E-state index contributed by atoms with van der Waals surface area (Å²) in [5.74, 6) is 1.77. The van der Waals surface area contributed by atoms with Gasteiger partial charge in [-0.2, -0.15) is 4.98 Å². The van der Waals surface area contributed by atoms with Crippen LogP contribution < -0.4 is 11.1 Å². The number of hydrogen-bond acceptors (Lipinski definition) is 7. The van der Waals surface area contributed by atoms with Crippen LogP contribution in [0.1, 0.15) is 38.9 Å². The van der Waals surface area contributed by atoms with Gasteiger partial charge in [0.2, 0.25) is 5.95 Å². The van der Waals surface area contributed by atoms with E-state index in [0.29, 0.717) is 39.9 Å². The molecule has 1 aliphatic rings. The highest BCUT2D eigenvalue weighted by Crippen LogP contribution is 2.35. The van der Waals surface area contributed by atoms with Crippen molar-refractivity contribution < 1.29 is 13.9 Å². The van der Waals surface area contributed by atoms with Gasteiger partial charge in [0.1, 0.15) is 16.9 Å². The van der Waals surface area contributed by atoms with Crippen molar-refractivity contribution >= 4 is 28.4 Å². The smallest absolute Gasteiger partial charge is 0.256 e. The summed E-state index contributed by atoms with van der Waals surface area (Å²) in [5.41, 5.74) is 8.37. The summed E-state index contributed by atoms with van der Waals surface area (Å²) < 4.78 is 28.9. The normalized spacial score (nSPS) is 14.4. The van der Waals surface area contributed by atoms with Crippen molar-refractivity contribution in [2.75, 3.05) is 18.1 Å². The fraction of sp³-hybridized carbons (Fsp3) is 0.478. The second-order valence-electron chi connectivity index (χ2n) is 9.07. The van der Waals surface area contributed by atoms with Gasteiger partial charge in [0.25, 0.3) is 6.43 Å². The molecule has 0 aliphatic heterocycles.